The zero-order chi connectivity index (χ0) is 10.4. The summed E-state index contributed by atoms with van der Waals surface area (Å²) in [7, 11) is 1.56. The van der Waals surface area contributed by atoms with Crippen molar-refractivity contribution in [1.29, 1.82) is 0 Å². The highest BCUT2D eigenvalue weighted by atomic mass is 16.4. The summed E-state index contributed by atoms with van der Waals surface area (Å²) < 4.78 is 4.99. The molecule has 0 aromatic carbocycles. The average molecular weight is 198 g/mol. The maximum Gasteiger partial charge on any atom is 0.233 e. The Morgan fingerprint density at radius 1 is 1.71 bits per heavy atom. The molecule has 0 radical (unpaired) electrons. The largest absolute Gasteiger partial charge is 0.467 e. The molecule has 0 fully saturated rings. The summed E-state index contributed by atoms with van der Waals surface area (Å²) in [4.78, 5) is 10.8. The zero-order valence-electron chi connectivity index (χ0n) is 7.99. The summed E-state index contributed by atoms with van der Waals surface area (Å²) in [6.07, 6.45) is 0.784. The van der Waals surface area contributed by atoms with Crippen molar-refractivity contribution in [2.24, 2.45) is 0 Å². The molecule has 3 N–H and O–H groups in total. The molecular weight excluding hydrogens is 184 g/mol. The van der Waals surface area contributed by atoms with Gasteiger partial charge in [0.25, 0.3) is 0 Å². The summed E-state index contributed by atoms with van der Waals surface area (Å²) in [5, 5.41) is 14.8. The van der Waals surface area contributed by atoms with Crippen molar-refractivity contribution in [2.75, 3.05) is 20.1 Å². The third kappa shape index (κ3) is 3.20. The minimum absolute atomic E-state index is 0.114. The smallest absolute Gasteiger partial charge is 0.233 e. The van der Waals surface area contributed by atoms with Crippen LogP contribution in [-0.4, -0.2) is 31.2 Å². The van der Waals surface area contributed by atoms with Gasteiger partial charge in [0, 0.05) is 13.6 Å². The molecule has 0 saturated carbocycles. The van der Waals surface area contributed by atoms with Crippen LogP contribution >= 0.6 is 0 Å². The van der Waals surface area contributed by atoms with Gasteiger partial charge in [-0.15, -0.1) is 0 Å². The fourth-order valence-corrected chi connectivity index (χ4v) is 0.992. The fraction of sp³-hybridized carbons (Fsp3) is 0.444. The van der Waals surface area contributed by atoms with Gasteiger partial charge in [0.05, 0.1) is 12.8 Å². The summed E-state index contributed by atoms with van der Waals surface area (Å²) in [6, 6.07) is 3.39. The van der Waals surface area contributed by atoms with E-state index in [-0.39, 0.29) is 12.5 Å². The molecule has 78 valence electrons. The molecule has 1 unspecified atom stereocenters. The van der Waals surface area contributed by atoms with Crippen LogP contribution in [-0.2, 0) is 4.79 Å². The topological polar surface area (TPSA) is 74.5 Å². The van der Waals surface area contributed by atoms with E-state index < -0.39 is 6.10 Å². The van der Waals surface area contributed by atoms with Gasteiger partial charge < -0.3 is 20.2 Å². The predicted octanol–water partition coefficient (Wildman–Crippen LogP) is -0.351. The third-order valence-electron chi connectivity index (χ3n) is 1.77. The Bertz CT molecular complexity index is 272. The van der Waals surface area contributed by atoms with E-state index in [0.717, 1.165) is 0 Å². The van der Waals surface area contributed by atoms with Crippen LogP contribution in [0.1, 0.15) is 11.9 Å². The summed E-state index contributed by atoms with van der Waals surface area (Å²) in [5.41, 5.74) is 0. The Balaban J connectivity index is 2.22. The molecule has 1 atom stereocenters. The molecule has 1 rings (SSSR count). The molecule has 0 bridgehead atoms. The summed E-state index contributed by atoms with van der Waals surface area (Å²) >= 11 is 0. The SMILES string of the molecule is CNC(=O)CNCC(O)c1ccco1. The number of amides is 1. The number of hydrogen-bond acceptors (Lipinski definition) is 4. The zero-order valence-corrected chi connectivity index (χ0v) is 7.99. The van der Waals surface area contributed by atoms with E-state index in [4.69, 9.17) is 4.42 Å². The second-order valence-corrected chi connectivity index (χ2v) is 2.84. The standard InChI is InChI=1S/C9H14N2O3/c1-10-9(13)6-11-5-7(12)8-3-2-4-14-8/h2-4,7,11-12H,5-6H2,1H3,(H,10,13). The van der Waals surface area contributed by atoms with Crippen LogP contribution in [0.3, 0.4) is 0 Å². The minimum atomic E-state index is -0.713. The van der Waals surface area contributed by atoms with Crippen molar-refractivity contribution in [3.8, 4) is 0 Å². The number of rotatable bonds is 5. The lowest BCUT2D eigenvalue weighted by Crippen LogP contribution is -2.33. The molecule has 1 amide bonds. The maximum atomic E-state index is 10.8. The highest BCUT2D eigenvalue weighted by Crippen LogP contribution is 2.11. The van der Waals surface area contributed by atoms with Gasteiger partial charge in [-0.1, -0.05) is 0 Å². The van der Waals surface area contributed by atoms with E-state index in [1.807, 2.05) is 0 Å². The highest BCUT2D eigenvalue weighted by molar-refractivity contribution is 5.77. The lowest BCUT2D eigenvalue weighted by Gasteiger charge is -2.08. The van der Waals surface area contributed by atoms with Gasteiger partial charge in [0.1, 0.15) is 11.9 Å². The molecule has 0 saturated heterocycles. The first-order valence-electron chi connectivity index (χ1n) is 4.37. The van der Waals surface area contributed by atoms with Crippen molar-refractivity contribution in [3.63, 3.8) is 0 Å². The van der Waals surface area contributed by atoms with Gasteiger partial charge in [-0.2, -0.15) is 0 Å². The van der Waals surface area contributed by atoms with Gasteiger partial charge in [-0.3, -0.25) is 4.79 Å². The van der Waals surface area contributed by atoms with E-state index in [1.165, 1.54) is 6.26 Å². The lowest BCUT2D eigenvalue weighted by molar-refractivity contribution is -0.119. The van der Waals surface area contributed by atoms with Crippen LogP contribution < -0.4 is 10.6 Å². The molecular formula is C9H14N2O3. The Hall–Kier alpha value is -1.33. The first-order valence-corrected chi connectivity index (χ1v) is 4.37. The van der Waals surface area contributed by atoms with Crippen molar-refractivity contribution in [1.82, 2.24) is 10.6 Å². The number of nitrogens with one attached hydrogen (secondary N) is 2. The number of likely N-dealkylation sites (N-methyl/N-ethyl adjacent to an activating group) is 1. The molecule has 0 aliphatic heterocycles. The summed E-state index contributed by atoms with van der Waals surface area (Å²) in [5.74, 6) is 0.381. The second-order valence-electron chi connectivity index (χ2n) is 2.84. The van der Waals surface area contributed by atoms with Gasteiger partial charge in [0.15, 0.2) is 0 Å². The molecule has 0 aliphatic carbocycles. The molecule has 0 spiro atoms. The van der Waals surface area contributed by atoms with Crippen molar-refractivity contribution in [2.45, 2.75) is 6.10 Å². The molecule has 1 aromatic rings. The molecule has 1 heterocycles. The van der Waals surface area contributed by atoms with Crippen LogP contribution in [0, 0.1) is 0 Å². The van der Waals surface area contributed by atoms with E-state index >= 15 is 0 Å². The van der Waals surface area contributed by atoms with Crippen molar-refractivity contribution < 1.29 is 14.3 Å². The summed E-state index contributed by atoms with van der Waals surface area (Å²) in [6.45, 7) is 0.481. The first kappa shape index (κ1) is 10.7. The van der Waals surface area contributed by atoms with Gasteiger partial charge in [0.2, 0.25) is 5.91 Å². The number of hydrogen-bond donors (Lipinski definition) is 3. The van der Waals surface area contributed by atoms with E-state index in [0.29, 0.717) is 12.3 Å². The van der Waals surface area contributed by atoms with Gasteiger partial charge in [-0.25, -0.2) is 0 Å². The van der Waals surface area contributed by atoms with Crippen LogP contribution in [0.25, 0.3) is 0 Å². The normalized spacial score (nSPS) is 12.4. The lowest BCUT2D eigenvalue weighted by atomic mass is 10.3. The Labute approximate surface area is 82.1 Å². The molecule has 5 nitrogen and oxygen atoms in total. The predicted molar refractivity (Wildman–Crippen MR) is 50.6 cm³/mol. The monoisotopic (exact) mass is 198 g/mol. The average Bonchev–Trinajstić information content (AvgIpc) is 2.70. The minimum Gasteiger partial charge on any atom is -0.467 e. The fourth-order valence-electron chi connectivity index (χ4n) is 0.992. The van der Waals surface area contributed by atoms with E-state index in [9.17, 15) is 9.90 Å². The van der Waals surface area contributed by atoms with Gasteiger partial charge >= 0.3 is 0 Å². The number of carbonyl (C=O) groups excluding carboxylic acids is 1. The van der Waals surface area contributed by atoms with Crippen molar-refractivity contribution >= 4 is 5.91 Å². The van der Waals surface area contributed by atoms with Crippen LogP contribution in [0.4, 0.5) is 0 Å². The van der Waals surface area contributed by atoms with Crippen LogP contribution in [0.5, 0.6) is 0 Å². The molecule has 1 aromatic heterocycles. The Kier molecular flexibility index (Phi) is 4.15. The number of aliphatic hydroxyl groups is 1. The first-order chi connectivity index (χ1) is 6.74. The molecule has 0 aliphatic rings. The van der Waals surface area contributed by atoms with E-state index in [1.54, 1.807) is 19.2 Å². The van der Waals surface area contributed by atoms with Crippen molar-refractivity contribution in [3.05, 3.63) is 24.2 Å². The quantitative estimate of drug-likeness (QED) is 0.604. The maximum absolute atomic E-state index is 10.8. The number of furan rings is 1. The molecule has 14 heavy (non-hydrogen) atoms. The van der Waals surface area contributed by atoms with Gasteiger partial charge in [-0.05, 0) is 12.1 Å². The molecule has 5 heteroatoms. The Morgan fingerprint density at radius 3 is 3.07 bits per heavy atom. The van der Waals surface area contributed by atoms with E-state index in [2.05, 4.69) is 10.6 Å². The Morgan fingerprint density at radius 2 is 2.50 bits per heavy atom. The van der Waals surface area contributed by atoms with Crippen LogP contribution in [0.2, 0.25) is 0 Å². The second kappa shape index (κ2) is 5.41. The number of aliphatic hydroxyl groups excluding tert-OH is 1. The highest BCUT2D eigenvalue weighted by Gasteiger charge is 2.09. The number of carbonyl (C=O) groups is 1. The third-order valence-corrected chi connectivity index (χ3v) is 1.77. The van der Waals surface area contributed by atoms with Crippen LogP contribution in [0.15, 0.2) is 22.8 Å².